The summed E-state index contributed by atoms with van der Waals surface area (Å²) >= 11 is 0. The van der Waals surface area contributed by atoms with Gasteiger partial charge in [0.25, 0.3) is 5.91 Å². The van der Waals surface area contributed by atoms with E-state index in [9.17, 15) is 4.79 Å². The Balaban J connectivity index is 1.47. The molecule has 0 unspecified atom stereocenters. The molecule has 0 spiro atoms. The smallest absolute Gasteiger partial charge is 0.250 e. The Bertz CT molecular complexity index is 926. The van der Waals surface area contributed by atoms with Crippen LogP contribution in [0.2, 0.25) is 0 Å². The van der Waals surface area contributed by atoms with Gasteiger partial charge in [-0.05, 0) is 24.3 Å². The number of anilines is 1. The van der Waals surface area contributed by atoms with E-state index in [0.717, 1.165) is 5.56 Å². The molecule has 1 aromatic heterocycles. The predicted molar refractivity (Wildman–Crippen MR) is 94.0 cm³/mol. The fourth-order valence-electron chi connectivity index (χ4n) is 2.56. The van der Waals surface area contributed by atoms with E-state index < -0.39 is 6.04 Å². The molecule has 8 nitrogen and oxygen atoms in total. The Hall–Kier alpha value is -3.42. The van der Waals surface area contributed by atoms with E-state index in [2.05, 4.69) is 20.7 Å². The highest BCUT2D eigenvalue weighted by molar-refractivity contribution is 5.93. The molecule has 0 radical (unpaired) electrons. The average molecular weight is 351 g/mol. The Morgan fingerprint density at radius 2 is 1.88 bits per heavy atom. The van der Waals surface area contributed by atoms with Crippen molar-refractivity contribution in [1.29, 1.82) is 0 Å². The van der Waals surface area contributed by atoms with Gasteiger partial charge in [-0.25, -0.2) is 0 Å². The Labute approximate surface area is 149 Å². The lowest BCUT2D eigenvalue weighted by molar-refractivity contribution is -0.119. The molecule has 1 N–H and O–H groups in total. The topological polar surface area (TPSA) is 91.2 Å². The number of fused-ring (bicyclic) bond motifs is 1. The molecule has 1 atom stereocenters. The largest absolute Gasteiger partial charge is 0.486 e. The van der Waals surface area contributed by atoms with Crippen molar-refractivity contribution >= 4 is 11.6 Å². The van der Waals surface area contributed by atoms with Gasteiger partial charge in [0.05, 0.1) is 0 Å². The van der Waals surface area contributed by atoms with Crippen molar-refractivity contribution < 1.29 is 14.3 Å². The van der Waals surface area contributed by atoms with Gasteiger partial charge in [-0.15, -0.1) is 10.2 Å². The van der Waals surface area contributed by atoms with Crippen molar-refractivity contribution in [3.05, 3.63) is 48.5 Å². The molecule has 132 valence electrons. The summed E-state index contributed by atoms with van der Waals surface area (Å²) in [5.74, 6) is 1.52. The molecule has 3 aromatic rings. The molecule has 0 bridgehead atoms. The van der Waals surface area contributed by atoms with Crippen molar-refractivity contribution in [3.63, 3.8) is 0 Å². The second-order valence-electron chi connectivity index (χ2n) is 5.82. The lowest BCUT2D eigenvalue weighted by Gasteiger charge is -2.19. The molecule has 1 aliphatic heterocycles. The second kappa shape index (κ2) is 6.83. The molecule has 0 aliphatic carbocycles. The molecule has 0 saturated carbocycles. The third kappa shape index (κ3) is 3.21. The molecule has 2 aromatic carbocycles. The standard InChI is InChI=1S/C18H17N5O3/c1-12(23-21-17(20-22-23)13-5-3-2-4-6-13)18(24)19-14-7-8-15-16(11-14)26-10-9-25-15/h2-8,11-12H,9-10H2,1H3,(H,19,24)/t12-/m0/s1. The molecule has 0 saturated heterocycles. The summed E-state index contributed by atoms with van der Waals surface area (Å²) in [5, 5.41) is 15.2. The van der Waals surface area contributed by atoms with Crippen LogP contribution in [-0.2, 0) is 4.79 Å². The quantitative estimate of drug-likeness (QED) is 0.776. The number of carbonyl (C=O) groups is 1. The number of carbonyl (C=O) groups excluding carboxylic acids is 1. The summed E-state index contributed by atoms with van der Waals surface area (Å²) in [7, 11) is 0. The summed E-state index contributed by atoms with van der Waals surface area (Å²) in [5.41, 5.74) is 1.47. The number of rotatable bonds is 4. The maximum absolute atomic E-state index is 12.5. The van der Waals surface area contributed by atoms with Gasteiger partial charge < -0.3 is 14.8 Å². The average Bonchev–Trinajstić information content (AvgIpc) is 3.18. The van der Waals surface area contributed by atoms with E-state index in [-0.39, 0.29) is 5.91 Å². The predicted octanol–water partition coefficient (Wildman–Crippen LogP) is 2.31. The van der Waals surface area contributed by atoms with Crippen LogP contribution in [0.1, 0.15) is 13.0 Å². The summed E-state index contributed by atoms with van der Waals surface area (Å²) < 4.78 is 11.0. The number of aromatic nitrogens is 4. The van der Waals surface area contributed by atoms with Gasteiger partial charge in [-0.1, -0.05) is 30.3 Å². The molecule has 8 heteroatoms. The zero-order chi connectivity index (χ0) is 17.9. The monoisotopic (exact) mass is 351 g/mol. The van der Waals surface area contributed by atoms with E-state index in [4.69, 9.17) is 9.47 Å². The second-order valence-corrected chi connectivity index (χ2v) is 5.82. The minimum absolute atomic E-state index is 0.251. The summed E-state index contributed by atoms with van der Waals surface area (Å²) in [6.07, 6.45) is 0. The van der Waals surface area contributed by atoms with E-state index in [1.807, 2.05) is 30.3 Å². The van der Waals surface area contributed by atoms with Crippen LogP contribution in [0.5, 0.6) is 11.5 Å². The number of tetrazole rings is 1. The Morgan fingerprint density at radius 3 is 2.69 bits per heavy atom. The molecule has 2 heterocycles. The van der Waals surface area contributed by atoms with Gasteiger partial charge in [0.1, 0.15) is 19.3 Å². The third-order valence-corrected chi connectivity index (χ3v) is 4.00. The SMILES string of the molecule is C[C@@H](C(=O)Nc1ccc2c(c1)OCCO2)n1nnc(-c2ccccc2)n1. The van der Waals surface area contributed by atoms with Crippen LogP contribution in [0, 0.1) is 0 Å². The lowest BCUT2D eigenvalue weighted by Crippen LogP contribution is -2.25. The highest BCUT2D eigenvalue weighted by Gasteiger charge is 2.20. The number of nitrogens with zero attached hydrogens (tertiary/aromatic N) is 4. The third-order valence-electron chi connectivity index (χ3n) is 4.00. The van der Waals surface area contributed by atoms with Crippen LogP contribution >= 0.6 is 0 Å². The van der Waals surface area contributed by atoms with Crippen molar-refractivity contribution in [1.82, 2.24) is 20.2 Å². The first-order chi connectivity index (χ1) is 12.7. The first-order valence-electron chi connectivity index (χ1n) is 8.26. The molecule has 0 fully saturated rings. The minimum atomic E-state index is -0.617. The fourth-order valence-corrected chi connectivity index (χ4v) is 2.56. The number of hydrogen-bond donors (Lipinski definition) is 1. The molecular formula is C18H17N5O3. The van der Waals surface area contributed by atoms with Crippen molar-refractivity contribution in [2.45, 2.75) is 13.0 Å². The molecule has 1 aliphatic rings. The van der Waals surface area contributed by atoms with Gasteiger partial charge in [0.15, 0.2) is 11.5 Å². The van der Waals surface area contributed by atoms with E-state index in [1.54, 1.807) is 25.1 Å². The van der Waals surface area contributed by atoms with Gasteiger partial charge in [0.2, 0.25) is 5.82 Å². The van der Waals surface area contributed by atoms with Crippen molar-refractivity contribution in [2.75, 3.05) is 18.5 Å². The van der Waals surface area contributed by atoms with Crippen molar-refractivity contribution in [3.8, 4) is 22.9 Å². The van der Waals surface area contributed by atoms with E-state index in [0.29, 0.717) is 36.2 Å². The molecule has 4 rings (SSSR count). The Kier molecular flexibility index (Phi) is 4.22. The first kappa shape index (κ1) is 16.1. The lowest BCUT2D eigenvalue weighted by atomic mass is 10.2. The number of benzene rings is 2. The van der Waals surface area contributed by atoms with E-state index in [1.165, 1.54) is 4.80 Å². The number of amides is 1. The molecular weight excluding hydrogens is 334 g/mol. The van der Waals surface area contributed by atoms with Crippen LogP contribution in [0.25, 0.3) is 11.4 Å². The number of hydrogen-bond acceptors (Lipinski definition) is 6. The van der Waals surface area contributed by atoms with Gasteiger partial charge in [-0.2, -0.15) is 4.80 Å². The van der Waals surface area contributed by atoms with Crippen LogP contribution in [0.15, 0.2) is 48.5 Å². The fraction of sp³-hybridized carbons (Fsp3) is 0.222. The van der Waals surface area contributed by atoms with Crippen LogP contribution in [0.3, 0.4) is 0 Å². The Morgan fingerprint density at radius 1 is 1.12 bits per heavy atom. The summed E-state index contributed by atoms with van der Waals surface area (Å²) in [6.45, 7) is 2.73. The number of nitrogens with one attached hydrogen (secondary N) is 1. The zero-order valence-electron chi connectivity index (χ0n) is 14.1. The van der Waals surface area contributed by atoms with Crippen LogP contribution in [-0.4, -0.2) is 39.3 Å². The first-order valence-corrected chi connectivity index (χ1v) is 8.26. The van der Waals surface area contributed by atoms with Crippen LogP contribution < -0.4 is 14.8 Å². The highest BCUT2D eigenvalue weighted by Crippen LogP contribution is 2.32. The van der Waals surface area contributed by atoms with Crippen molar-refractivity contribution in [2.24, 2.45) is 0 Å². The van der Waals surface area contributed by atoms with Gasteiger partial charge in [0, 0.05) is 17.3 Å². The molecule has 26 heavy (non-hydrogen) atoms. The van der Waals surface area contributed by atoms with Gasteiger partial charge >= 0.3 is 0 Å². The normalized spacial score (nSPS) is 13.9. The summed E-state index contributed by atoms with van der Waals surface area (Å²) in [4.78, 5) is 13.8. The van der Waals surface area contributed by atoms with Gasteiger partial charge in [-0.3, -0.25) is 4.79 Å². The zero-order valence-corrected chi connectivity index (χ0v) is 14.1. The van der Waals surface area contributed by atoms with Crippen LogP contribution in [0.4, 0.5) is 5.69 Å². The maximum Gasteiger partial charge on any atom is 0.250 e. The van der Waals surface area contributed by atoms with E-state index >= 15 is 0 Å². The highest BCUT2D eigenvalue weighted by atomic mass is 16.6. The molecule has 1 amide bonds. The minimum Gasteiger partial charge on any atom is -0.486 e. The summed E-state index contributed by atoms with van der Waals surface area (Å²) in [6, 6.07) is 14.1. The number of ether oxygens (including phenoxy) is 2. The maximum atomic E-state index is 12.5.